The molecular weight excluding hydrogens is 280 g/mol. The highest BCUT2D eigenvalue weighted by Gasteiger charge is 2.23. The first-order valence-electron chi connectivity index (χ1n) is 7.06. The van der Waals surface area contributed by atoms with Gasteiger partial charge in [0.25, 0.3) is 10.2 Å². The maximum atomic E-state index is 12.0. The lowest BCUT2D eigenvalue weighted by Crippen LogP contribution is -2.45. The van der Waals surface area contributed by atoms with Crippen LogP contribution in [0.5, 0.6) is 0 Å². The third kappa shape index (κ3) is 7.18. The highest BCUT2D eigenvalue weighted by atomic mass is 32.2. The molecule has 1 heterocycles. The molecule has 0 aromatic heterocycles. The second-order valence-electron chi connectivity index (χ2n) is 5.60. The number of piperidine rings is 1. The van der Waals surface area contributed by atoms with Crippen LogP contribution in [0.1, 0.15) is 33.1 Å². The Labute approximate surface area is 121 Å². The molecule has 118 valence electrons. The highest BCUT2D eigenvalue weighted by Crippen LogP contribution is 2.16. The Hall–Kier alpha value is -0.700. The van der Waals surface area contributed by atoms with Gasteiger partial charge in [0.15, 0.2) is 0 Å². The lowest BCUT2D eigenvalue weighted by molar-refractivity contribution is -0.132. The Bertz CT molecular complexity index is 411. The summed E-state index contributed by atoms with van der Waals surface area (Å²) in [6, 6.07) is 0.371. The van der Waals surface area contributed by atoms with Gasteiger partial charge in [-0.2, -0.15) is 8.42 Å². The number of hydrogen-bond acceptors (Lipinski definition) is 4. The fourth-order valence-corrected chi connectivity index (χ4v) is 2.79. The van der Waals surface area contributed by atoms with Crippen molar-refractivity contribution in [3.05, 3.63) is 0 Å². The highest BCUT2D eigenvalue weighted by molar-refractivity contribution is 7.87. The number of rotatable bonds is 7. The van der Waals surface area contributed by atoms with E-state index < -0.39 is 10.2 Å². The van der Waals surface area contributed by atoms with Crippen molar-refractivity contribution in [2.75, 3.05) is 26.2 Å². The number of likely N-dealkylation sites (tertiary alicyclic amines) is 1. The fraction of sp³-hybridized carbons (Fsp3) is 0.917. The third-order valence-electron chi connectivity index (χ3n) is 3.34. The van der Waals surface area contributed by atoms with Gasteiger partial charge in [0, 0.05) is 38.6 Å². The largest absolute Gasteiger partial charge is 0.342 e. The van der Waals surface area contributed by atoms with Crippen LogP contribution < -0.4 is 15.2 Å². The number of nitrogens with one attached hydrogen (secondary N) is 2. The Morgan fingerprint density at radius 1 is 1.45 bits per heavy atom. The van der Waals surface area contributed by atoms with Crippen LogP contribution in [0.3, 0.4) is 0 Å². The molecule has 8 heteroatoms. The van der Waals surface area contributed by atoms with Crippen molar-refractivity contribution in [2.24, 2.45) is 11.1 Å². The summed E-state index contributed by atoms with van der Waals surface area (Å²) in [7, 11) is -3.65. The molecule has 0 radical (unpaired) electrons. The molecule has 1 atom stereocenters. The molecule has 0 spiro atoms. The lowest BCUT2D eigenvalue weighted by Gasteiger charge is -2.33. The second kappa shape index (κ2) is 7.92. The van der Waals surface area contributed by atoms with Crippen molar-refractivity contribution < 1.29 is 13.2 Å². The van der Waals surface area contributed by atoms with Gasteiger partial charge in [0.1, 0.15) is 0 Å². The topological polar surface area (TPSA) is 105 Å². The van der Waals surface area contributed by atoms with Gasteiger partial charge in [-0.15, -0.1) is 0 Å². The van der Waals surface area contributed by atoms with Crippen LogP contribution in [-0.2, 0) is 15.0 Å². The predicted molar refractivity (Wildman–Crippen MR) is 78.2 cm³/mol. The SMILES string of the molecule is CC(C)NCCC(=O)N1CCCC(CNS(N)(=O)=O)C1. The molecule has 0 aromatic carbocycles. The molecule has 20 heavy (non-hydrogen) atoms. The van der Waals surface area contributed by atoms with Crippen LogP contribution in [0.4, 0.5) is 0 Å². The molecule has 1 unspecified atom stereocenters. The molecule has 1 saturated heterocycles. The molecule has 1 aliphatic rings. The quantitative estimate of drug-likeness (QED) is 0.584. The monoisotopic (exact) mass is 306 g/mol. The Balaban J connectivity index is 2.34. The van der Waals surface area contributed by atoms with Gasteiger partial charge < -0.3 is 10.2 Å². The normalized spacial score (nSPS) is 20.4. The summed E-state index contributed by atoms with van der Waals surface area (Å²) in [4.78, 5) is 13.9. The Kier molecular flexibility index (Phi) is 6.87. The van der Waals surface area contributed by atoms with E-state index >= 15 is 0 Å². The number of carbonyl (C=O) groups is 1. The molecule has 7 nitrogen and oxygen atoms in total. The van der Waals surface area contributed by atoms with E-state index in [0.717, 1.165) is 19.4 Å². The van der Waals surface area contributed by atoms with Crippen LogP contribution in [-0.4, -0.2) is 51.4 Å². The molecular formula is C12H26N4O3S. The first-order chi connectivity index (χ1) is 9.28. The van der Waals surface area contributed by atoms with Gasteiger partial charge in [0.05, 0.1) is 0 Å². The average Bonchev–Trinajstić information content (AvgIpc) is 2.35. The van der Waals surface area contributed by atoms with E-state index in [-0.39, 0.29) is 11.8 Å². The van der Waals surface area contributed by atoms with E-state index in [2.05, 4.69) is 10.0 Å². The van der Waals surface area contributed by atoms with Gasteiger partial charge in [0.2, 0.25) is 5.91 Å². The molecule has 0 bridgehead atoms. The summed E-state index contributed by atoms with van der Waals surface area (Å²) in [6.45, 7) is 6.41. The van der Waals surface area contributed by atoms with E-state index in [1.54, 1.807) is 0 Å². The molecule has 1 aliphatic heterocycles. The van der Waals surface area contributed by atoms with Crippen LogP contribution in [0, 0.1) is 5.92 Å². The van der Waals surface area contributed by atoms with E-state index in [9.17, 15) is 13.2 Å². The minimum Gasteiger partial charge on any atom is -0.342 e. The predicted octanol–water partition coefficient (Wildman–Crippen LogP) is -0.594. The van der Waals surface area contributed by atoms with Crippen LogP contribution in [0.15, 0.2) is 0 Å². The number of nitrogens with zero attached hydrogens (tertiary/aromatic N) is 1. The van der Waals surface area contributed by atoms with Crippen LogP contribution in [0.25, 0.3) is 0 Å². The summed E-state index contributed by atoms with van der Waals surface area (Å²) >= 11 is 0. The minimum atomic E-state index is -3.65. The maximum Gasteiger partial charge on any atom is 0.274 e. The van der Waals surface area contributed by atoms with Gasteiger partial charge in [-0.3, -0.25) is 4.79 Å². The first kappa shape index (κ1) is 17.4. The fourth-order valence-electron chi connectivity index (χ4n) is 2.32. The Morgan fingerprint density at radius 3 is 2.75 bits per heavy atom. The second-order valence-corrected chi connectivity index (χ2v) is 6.98. The average molecular weight is 306 g/mol. The Morgan fingerprint density at radius 2 is 2.15 bits per heavy atom. The van der Waals surface area contributed by atoms with Crippen molar-refractivity contribution in [1.29, 1.82) is 0 Å². The van der Waals surface area contributed by atoms with Crippen molar-refractivity contribution in [2.45, 2.75) is 39.2 Å². The van der Waals surface area contributed by atoms with Gasteiger partial charge >= 0.3 is 0 Å². The molecule has 1 rings (SSSR count). The molecule has 1 fully saturated rings. The zero-order valence-corrected chi connectivity index (χ0v) is 13.1. The summed E-state index contributed by atoms with van der Waals surface area (Å²) < 4.78 is 24.1. The van der Waals surface area contributed by atoms with Crippen LogP contribution >= 0.6 is 0 Å². The van der Waals surface area contributed by atoms with E-state index in [0.29, 0.717) is 32.1 Å². The van der Waals surface area contributed by atoms with Gasteiger partial charge in [-0.25, -0.2) is 9.86 Å². The van der Waals surface area contributed by atoms with E-state index in [1.807, 2.05) is 18.7 Å². The molecule has 0 saturated carbocycles. The van der Waals surface area contributed by atoms with Gasteiger partial charge in [-0.1, -0.05) is 13.8 Å². The molecule has 4 N–H and O–H groups in total. The summed E-state index contributed by atoms with van der Waals surface area (Å²) in [5, 5.41) is 8.13. The lowest BCUT2D eigenvalue weighted by atomic mass is 9.98. The molecule has 1 amide bonds. The van der Waals surface area contributed by atoms with Crippen LogP contribution in [0.2, 0.25) is 0 Å². The van der Waals surface area contributed by atoms with Crippen molar-refractivity contribution >= 4 is 16.1 Å². The summed E-state index contributed by atoms with van der Waals surface area (Å²) in [5.41, 5.74) is 0. The van der Waals surface area contributed by atoms with Crippen molar-refractivity contribution in [3.63, 3.8) is 0 Å². The van der Waals surface area contributed by atoms with E-state index in [1.165, 1.54) is 0 Å². The first-order valence-corrected chi connectivity index (χ1v) is 8.61. The zero-order chi connectivity index (χ0) is 15.2. The van der Waals surface area contributed by atoms with Crippen molar-refractivity contribution in [3.8, 4) is 0 Å². The van der Waals surface area contributed by atoms with Gasteiger partial charge in [-0.05, 0) is 18.8 Å². The van der Waals surface area contributed by atoms with Crippen molar-refractivity contribution in [1.82, 2.24) is 14.9 Å². The number of carbonyl (C=O) groups excluding carboxylic acids is 1. The number of nitrogens with two attached hydrogens (primary N) is 1. The van der Waals surface area contributed by atoms with E-state index in [4.69, 9.17) is 5.14 Å². The summed E-state index contributed by atoms with van der Waals surface area (Å²) in [6.07, 6.45) is 2.30. The maximum absolute atomic E-state index is 12.0. The zero-order valence-electron chi connectivity index (χ0n) is 12.3. The molecule has 0 aromatic rings. The smallest absolute Gasteiger partial charge is 0.274 e. The third-order valence-corrected chi connectivity index (χ3v) is 3.91. The molecule has 0 aliphatic carbocycles. The number of hydrogen-bond donors (Lipinski definition) is 3. The number of amides is 1. The standard InChI is InChI=1S/C12H26N4O3S/c1-10(2)14-6-5-12(17)16-7-3-4-11(9-16)8-15-20(13,18)19/h10-11,14-15H,3-9H2,1-2H3,(H2,13,18,19). The minimum absolute atomic E-state index is 0.124. The summed E-state index contributed by atoms with van der Waals surface area (Å²) in [5.74, 6) is 0.266.